The van der Waals surface area contributed by atoms with Crippen molar-refractivity contribution in [2.75, 3.05) is 24.6 Å². The zero-order valence-electron chi connectivity index (χ0n) is 15.9. The Hall–Kier alpha value is -2.73. The summed E-state index contributed by atoms with van der Waals surface area (Å²) >= 11 is 6.69. The number of thiocarbonyl (C=S) groups is 1. The highest BCUT2D eigenvalue weighted by molar-refractivity contribution is 7.81. The van der Waals surface area contributed by atoms with Crippen molar-refractivity contribution < 1.29 is 18.0 Å². The summed E-state index contributed by atoms with van der Waals surface area (Å²) in [7, 11) is 1.46. The van der Waals surface area contributed by atoms with Crippen molar-refractivity contribution in [1.82, 2.24) is 20.2 Å². The number of hydrogen-bond donors (Lipinski definition) is 3. The summed E-state index contributed by atoms with van der Waals surface area (Å²) in [5.41, 5.74) is 8.12. The fraction of sp³-hybridized carbons (Fsp3) is 0.333. The molecule has 3 heterocycles. The average Bonchev–Trinajstić information content (AvgIpc) is 3.15. The minimum atomic E-state index is -4.41. The molecule has 0 aliphatic carbocycles. The quantitative estimate of drug-likeness (QED) is 0.575. The maximum atomic E-state index is 13.3. The number of thiazole rings is 1. The van der Waals surface area contributed by atoms with Crippen LogP contribution in [0, 0.1) is 5.92 Å². The Balaban J connectivity index is 1.97. The van der Waals surface area contributed by atoms with Gasteiger partial charge in [-0.1, -0.05) is 12.2 Å². The van der Waals surface area contributed by atoms with E-state index in [9.17, 15) is 18.0 Å². The molecule has 2 aromatic rings. The van der Waals surface area contributed by atoms with Crippen molar-refractivity contribution >= 4 is 46.1 Å². The number of alkyl halides is 3. The first-order valence-electron chi connectivity index (χ1n) is 8.84. The van der Waals surface area contributed by atoms with E-state index in [1.54, 1.807) is 23.0 Å². The number of aromatic nitrogens is 2. The molecule has 0 spiro atoms. The number of nitrogen functional groups attached to an aromatic ring is 1. The molecule has 2 aromatic heterocycles. The monoisotopic (exact) mass is 456 g/mol. The Morgan fingerprint density at radius 1 is 1.43 bits per heavy atom. The zero-order valence-corrected chi connectivity index (χ0v) is 17.5. The lowest BCUT2D eigenvalue weighted by atomic mass is 9.91. The van der Waals surface area contributed by atoms with Crippen LogP contribution in [-0.2, 0) is 11.3 Å². The van der Waals surface area contributed by atoms with E-state index in [4.69, 9.17) is 18.0 Å². The van der Waals surface area contributed by atoms with Gasteiger partial charge in [0, 0.05) is 43.3 Å². The molecular weight excluding hydrogens is 437 g/mol. The van der Waals surface area contributed by atoms with E-state index in [0.717, 1.165) is 0 Å². The second kappa shape index (κ2) is 8.96. The van der Waals surface area contributed by atoms with Crippen LogP contribution in [0.3, 0.4) is 0 Å². The minimum absolute atomic E-state index is 0.00280. The summed E-state index contributed by atoms with van der Waals surface area (Å²) < 4.78 is 39.8. The third-order valence-electron chi connectivity index (χ3n) is 4.44. The number of anilines is 2. The van der Waals surface area contributed by atoms with E-state index in [-0.39, 0.29) is 35.2 Å². The number of amides is 1. The number of carbonyl (C=O) groups excluding carboxylic acids is 1. The summed E-state index contributed by atoms with van der Waals surface area (Å²) in [6.07, 6.45) is -3.99. The van der Waals surface area contributed by atoms with Gasteiger partial charge < -0.3 is 21.3 Å². The van der Waals surface area contributed by atoms with Gasteiger partial charge in [-0.15, -0.1) is 11.3 Å². The second-order valence-corrected chi connectivity index (χ2v) is 7.89. The number of pyridine rings is 1. The molecule has 3 rings (SSSR count). The van der Waals surface area contributed by atoms with Crippen LogP contribution in [-0.4, -0.2) is 45.5 Å². The molecule has 160 valence electrons. The lowest BCUT2D eigenvalue weighted by Gasteiger charge is -2.35. The van der Waals surface area contributed by atoms with Crippen LogP contribution in [0.25, 0.3) is 0 Å². The Morgan fingerprint density at radius 2 is 2.20 bits per heavy atom. The first-order chi connectivity index (χ1) is 14.1. The maximum absolute atomic E-state index is 13.3. The number of nitrogens with zero attached hydrogens (tertiary/aromatic N) is 3. The van der Waals surface area contributed by atoms with Crippen LogP contribution < -0.4 is 16.4 Å². The van der Waals surface area contributed by atoms with Crippen molar-refractivity contribution in [3.63, 3.8) is 0 Å². The SMILES string of the molecule is CN1CC(CC(F)(F)F)C(NCc2ccnc(N)c2)=C(C(=S)Nc2cscn2)C1=O. The summed E-state index contributed by atoms with van der Waals surface area (Å²) in [6, 6.07) is 3.29. The highest BCUT2D eigenvalue weighted by Crippen LogP contribution is 2.33. The van der Waals surface area contributed by atoms with Crippen LogP contribution in [0.1, 0.15) is 12.0 Å². The molecule has 1 aliphatic rings. The van der Waals surface area contributed by atoms with Gasteiger partial charge in [-0.05, 0) is 17.7 Å². The topological polar surface area (TPSA) is 96.2 Å². The van der Waals surface area contributed by atoms with E-state index < -0.39 is 24.4 Å². The first-order valence-corrected chi connectivity index (χ1v) is 10.2. The fourth-order valence-corrected chi connectivity index (χ4v) is 3.95. The Kier molecular flexibility index (Phi) is 6.56. The largest absolute Gasteiger partial charge is 0.389 e. The molecule has 1 aliphatic heterocycles. The molecule has 7 nitrogen and oxygen atoms in total. The van der Waals surface area contributed by atoms with Gasteiger partial charge >= 0.3 is 6.18 Å². The summed E-state index contributed by atoms with van der Waals surface area (Å²) in [4.78, 5) is 22.1. The number of nitrogens with one attached hydrogen (secondary N) is 2. The summed E-state index contributed by atoms with van der Waals surface area (Å²) in [6.45, 7) is 0.0815. The Bertz CT molecular complexity index is 961. The van der Waals surface area contributed by atoms with Crippen molar-refractivity contribution in [3.8, 4) is 0 Å². The van der Waals surface area contributed by atoms with Gasteiger partial charge in [0.05, 0.1) is 17.5 Å². The Morgan fingerprint density at radius 3 is 2.83 bits per heavy atom. The van der Waals surface area contributed by atoms with Gasteiger partial charge in [0.25, 0.3) is 5.91 Å². The number of nitrogens with two attached hydrogens (primary N) is 1. The molecule has 0 radical (unpaired) electrons. The van der Waals surface area contributed by atoms with Gasteiger partial charge in [0.2, 0.25) is 0 Å². The average molecular weight is 457 g/mol. The molecule has 0 saturated heterocycles. The second-order valence-electron chi connectivity index (χ2n) is 6.76. The molecule has 12 heteroatoms. The van der Waals surface area contributed by atoms with Gasteiger partial charge in [0.1, 0.15) is 16.6 Å². The summed E-state index contributed by atoms with van der Waals surface area (Å²) in [5, 5.41) is 7.52. The van der Waals surface area contributed by atoms with Crippen LogP contribution >= 0.6 is 23.6 Å². The number of carbonyl (C=O) groups is 1. The predicted molar refractivity (Wildman–Crippen MR) is 113 cm³/mol. The van der Waals surface area contributed by atoms with Gasteiger partial charge in [-0.2, -0.15) is 13.2 Å². The molecule has 30 heavy (non-hydrogen) atoms. The number of hydrogen-bond acceptors (Lipinski definition) is 7. The smallest absolute Gasteiger partial charge is 0.384 e. The van der Waals surface area contributed by atoms with E-state index in [0.29, 0.717) is 11.4 Å². The van der Waals surface area contributed by atoms with Crippen molar-refractivity contribution in [3.05, 3.63) is 46.1 Å². The molecule has 1 unspecified atom stereocenters. The van der Waals surface area contributed by atoms with Gasteiger partial charge in [0.15, 0.2) is 0 Å². The third kappa shape index (κ3) is 5.45. The lowest BCUT2D eigenvalue weighted by Crippen LogP contribution is -2.46. The highest BCUT2D eigenvalue weighted by atomic mass is 32.1. The molecule has 0 saturated carbocycles. The molecular formula is C18H19F3N6OS2. The lowest BCUT2D eigenvalue weighted by molar-refractivity contribution is -0.147. The molecule has 1 atom stereocenters. The third-order valence-corrected chi connectivity index (χ3v) is 5.33. The van der Waals surface area contributed by atoms with E-state index in [2.05, 4.69) is 20.6 Å². The molecule has 4 N–H and O–H groups in total. The maximum Gasteiger partial charge on any atom is 0.389 e. The van der Waals surface area contributed by atoms with Crippen molar-refractivity contribution in [2.45, 2.75) is 19.1 Å². The summed E-state index contributed by atoms with van der Waals surface area (Å²) in [5.74, 6) is -0.738. The highest BCUT2D eigenvalue weighted by Gasteiger charge is 2.40. The Labute approximate surface area is 180 Å². The number of likely N-dealkylation sites (N-methyl/N-ethyl adjacent to an activating group) is 1. The molecule has 1 amide bonds. The van der Waals surface area contributed by atoms with Crippen molar-refractivity contribution in [2.24, 2.45) is 5.92 Å². The predicted octanol–water partition coefficient (Wildman–Crippen LogP) is 2.94. The van der Waals surface area contributed by atoms with Crippen LogP contribution in [0.4, 0.5) is 24.8 Å². The number of rotatable bonds is 6. The first kappa shape index (κ1) is 22.0. The van der Waals surface area contributed by atoms with Crippen molar-refractivity contribution in [1.29, 1.82) is 0 Å². The standard InChI is InChI=1S/C18H19F3N6OS2/c1-27-7-11(5-18(19,20)21)15(24-6-10-2-3-23-12(22)4-10)14(17(27)28)16(29)26-13-8-30-9-25-13/h2-4,8-9,11,24H,5-7H2,1H3,(H2,22,23)(H,26,29). The van der Waals surface area contributed by atoms with Crippen LogP contribution in [0.2, 0.25) is 0 Å². The van der Waals surface area contributed by atoms with Crippen LogP contribution in [0.15, 0.2) is 40.5 Å². The van der Waals surface area contributed by atoms with Crippen LogP contribution in [0.5, 0.6) is 0 Å². The molecule has 0 aromatic carbocycles. The molecule has 0 bridgehead atoms. The minimum Gasteiger partial charge on any atom is -0.384 e. The van der Waals surface area contributed by atoms with E-state index >= 15 is 0 Å². The van der Waals surface area contributed by atoms with Gasteiger partial charge in [-0.3, -0.25) is 4.79 Å². The van der Waals surface area contributed by atoms with E-state index in [1.807, 2.05) is 0 Å². The normalized spacial score (nSPS) is 17.3. The number of halogens is 3. The molecule has 0 fully saturated rings. The van der Waals surface area contributed by atoms with Gasteiger partial charge in [-0.25, -0.2) is 9.97 Å². The fourth-order valence-electron chi connectivity index (χ4n) is 3.17. The zero-order chi connectivity index (χ0) is 21.9. The van der Waals surface area contributed by atoms with E-state index in [1.165, 1.54) is 29.5 Å².